The summed E-state index contributed by atoms with van der Waals surface area (Å²) < 4.78 is 10.5. The molecule has 0 aliphatic carbocycles. The minimum absolute atomic E-state index is 0.305. The molecule has 0 bridgehead atoms. The zero-order chi connectivity index (χ0) is 12.1. The largest absolute Gasteiger partial charge is 0.497 e. The average molecular weight is 236 g/mol. The molecule has 1 atom stereocenters. The van der Waals surface area contributed by atoms with Gasteiger partial charge in [0, 0.05) is 19.1 Å². The molecule has 1 fully saturated rings. The first kappa shape index (κ1) is 12.4. The summed E-state index contributed by atoms with van der Waals surface area (Å²) in [6.07, 6.45) is 0. The molecule has 1 aliphatic heterocycles. The monoisotopic (exact) mass is 236 g/mol. The number of benzene rings is 1. The highest BCUT2D eigenvalue weighted by atomic mass is 16.5. The second-order valence-electron chi connectivity index (χ2n) is 4.22. The highest BCUT2D eigenvalue weighted by Gasteiger charge is 2.13. The molecule has 0 saturated carbocycles. The molecule has 1 aromatic rings. The van der Waals surface area contributed by atoms with Crippen molar-refractivity contribution in [1.82, 2.24) is 10.4 Å². The molecule has 1 aliphatic rings. The van der Waals surface area contributed by atoms with Crippen molar-refractivity contribution in [2.24, 2.45) is 0 Å². The molecule has 1 saturated heterocycles. The molecule has 1 heterocycles. The molecule has 2 rings (SSSR count). The fraction of sp³-hybridized carbons (Fsp3) is 0.538. The van der Waals surface area contributed by atoms with Gasteiger partial charge < -0.3 is 9.47 Å². The Hall–Kier alpha value is -1.10. The van der Waals surface area contributed by atoms with Crippen LogP contribution in [0.15, 0.2) is 24.3 Å². The number of rotatable bonds is 4. The van der Waals surface area contributed by atoms with E-state index in [1.54, 1.807) is 7.11 Å². The molecule has 0 spiro atoms. The van der Waals surface area contributed by atoms with E-state index in [9.17, 15) is 0 Å². The summed E-state index contributed by atoms with van der Waals surface area (Å²) in [6, 6.07) is 8.48. The fourth-order valence-electron chi connectivity index (χ4n) is 1.93. The molecule has 1 aromatic carbocycles. The molecule has 0 radical (unpaired) electrons. The van der Waals surface area contributed by atoms with Gasteiger partial charge in [-0.2, -0.15) is 0 Å². The van der Waals surface area contributed by atoms with Crippen LogP contribution in [0.3, 0.4) is 0 Å². The molecular weight excluding hydrogens is 216 g/mol. The van der Waals surface area contributed by atoms with Crippen LogP contribution in [-0.4, -0.2) is 38.4 Å². The third-order valence-electron chi connectivity index (χ3n) is 3.00. The van der Waals surface area contributed by atoms with E-state index in [0.29, 0.717) is 6.04 Å². The lowest BCUT2D eigenvalue weighted by Crippen LogP contribution is -2.46. The van der Waals surface area contributed by atoms with Crippen molar-refractivity contribution in [3.63, 3.8) is 0 Å². The Kier molecular flexibility index (Phi) is 4.36. The Labute approximate surface area is 102 Å². The van der Waals surface area contributed by atoms with Gasteiger partial charge in [-0.3, -0.25) is 0 Å². The maximum atomic E-state index is 5.32. The number of nitrogens with zero attached hydrogens (tertiary/aromatic N) is 1. The van der Waals surface area contributed by atoms with Gasteiger partial charge in [0.2, 0.25) is 0 Å². The van der Waals surface area contributed by atoms with Crippen LogP contribution in [0.25, 0.3) is 0 Å². The van der Waals surface area contributed by atoms with Crippen LogP contribution in [-0.2, 0) is 4.74 Å². The van der Waals surface area contributed by atoms with Crippen molar-refractivity contribution in [3.05, 3.63) is 29.8 Å². The quantitative estimate of drug-likeness (QED) is 0.861. The van der Waals surface area contributed by atoms with E-state index in [0.717, 1.165) is 32.1 Å². The predicted molar refractivity (Wildman–Crippen MR) is 66.9 cm³/mol. The van der Waals surface area contributed by atoms with Gasteiger partial charge in [-0.1, -0.05) is 12.1 Å². The van der Waals surface area contributed by atoms with E-state index in [4.69, 9.17) is 9.47 Å². The summed E-state index contributed by atoms with van der Waals surface area (Å²) in [5, 5.41) is 2.22. The molecule has 0 amide bonds. The van der Waals surface area contributed by atoms with Crippen LogP contribution < -0.4 is 10.2 Å². The van der Waals surface area contributed by atoms with E-state index in [-0.39, 0.29) is 0 Å². The minimum Gasteiger partial charge on any atom is -0.497 e. The zero-order valence-corrected chi connectivity index (χ0v) is 10.5. The standard InChI is InChI=1S/C13H20N2O2/c1-11(14-15-7-9-17-10-8-15)12-3-5-13(16-2)6-4-12/h3-6,11,14H,7-10H2,1-2H3. The number of ether oxygens (including phenoxy) is 2. The molecule has 94 valence electrons. The summed E-state index contributed by atoms with van der Waals surface area (Å²) in [4.78, 5) is 0. The topological polar surface area (TPSA) is 33.7 Å². The van der Waals surface area contributed by atoms with E-state index >= 15 is 0 Å². The van der Waals surface area contributed by atoms with Crippen LogP contribution in [0.4, 0.5) is 0 Å². The van der Waals surface area contributed by atoms with Crippen LogP contribution in [0.2, 0.25) is 0 Å². The number of hydrazine groups is 1. The van der Waals surface area contributed by atoms with Crippen LogP contribution >= 0.6 is 0 Å². The predicted octanol–water partition coefficient (Wildman–Crippen LogP) is 1.59. The summed E-state index contributed by atoms with van der Waals surface area (Å²) in [5.74, 6) is 0.896. The number of hydrogen-bond donors (Lipinski definition) is 1. The highest BCUT2D eigenvalue weighted by Crippen LogP contribution is 2.17. The van der Waals surface area contributed by atoms with E-state index in [1.807, 2.05) is 12.1 Å². The van der Waals surface area contributed by atoms with Gasteiger partial charge in [0.1, 0.15) is 5.75 Å². The Morgan fingerprint density at radius 1 is 1.24 bits per heavy atom. The SMILES string of the molecule is COc1ccc(C(C)NN2CCOCC2)cc1. The maximum Gasteiger partial charge on any atom is 0.118 e. The van der Waals surface area contributed by atoms with Gasteiger partial charge in [-0.25, -0.2) is 10.4 Å². The van der Waals surface area contributed by atoms with Crippen molar-refractivity contribution >= 4 is 0 Å². The van der Waals surface area contributed by atoms with Crippen molar-refractivity contribution in [1.29, 1.82) is 0 Å². The van der Waals surface area contributed by atoms with Gasteiger partial charge in [0.15, 0.2) is 0 Å². The second-order valence-corrected chi connectivity index (χ2v) is 4.22. The van der Waals surface area contributed by atoms with E-state index in [2.05, 4.69) is 29.5 Å². The van der Waals surface area contributed by atoms with Crippen LogP contribution in [0.1, 0.15) is 18.5 Å². The first-order valence-electron chi connectivity index (χ1n) is 6.02. The normalized spacial score (nSPS) is 18.9. The lowest BCUT2D eigenvalue weighted by atomic mass is 10.1. The Balaban J connectivity index is 1.91. The van der Waals surface area contributed by atoms with Crippen LogP contribution in [0, 0.1) is 0 Å². The van der Waals surface area contributed by atoms with Crippen molar-refractivity contribution in [3.8, 4) is 5.75 Å². The van der Waals surface area contributed by atoms with Gasteiger partial charge >= 0.3 is 0 Å². The van der Waals surface area contributed by atoms with Crippen molar-refractivity contribution in [2.75, 3.05) is 33.4 Å². The van der Waals surface area contributed by atoms with Crippen molar-refractivity contribution in [2.45, 2.75) is 13.0 Å². The third kappa shape index (κ3) is 3.43. The summed E-state index contributed by atoms with van der Waals surface area (Å²) in [7, 11) is 1.68. The summed E-state index contributed by atoms with van der Waals surface area (Å²) >= 11 is 0. The van der Waals surface area contributed by atoms with Gasteiger partial charge in [0.25, 0.3) is 0 Å². The lowest BCUT2D eigenvalue weighted by molar-refractivity contribution is 0.00484. The first-order chi connectivity index (χ1) is 8.29. The smallest absolute Gasteiger partial charge is 0.118 e. The third-order valence-corrected chi connectivity index (χ3v) is 3.00. The Morgan fingerprint density at radius 2 is 1.88 bits per heavy atom. The highest BCUT2D eigenvalue weighted by molar-refractivity contribution is 5.28. The number of hydrogen-bond acceptors (Lipinski definition) is 4. The Morgan fingerprint density at radius 3 is 2.47 bits per heavy atom. The number of morpholine rings is 1. The molecule has 4 heteroatoms. The first-order valence-corrected chi connectivity index (χ1v) is 6.02. The molecular formula is C13H20N2O2. The molecule has 4 nitrogen and oxygen atoms in total. The lowest BCUT2D eigenvalue weighted by Gasteiger charge is -2.30. The van der Waals surface area contributed by atoms with Gasteiger partial charge in [-0.15, -0.1) is 0 Å². The molecule has 0 aromatic heterocycles. The van der Waals surface area contributed by atoms with E-state index in [1.165, 1.54) is 5.56 Å². The van der Waals surface area contributed by atoms with Gasteiger partial charge in [0.05, 0.1) is 20.3 Å². The molecule has 1 unspecified atom stereocenters. The van der Waals surface area contributed by atoms with Gasteiger partial charge in [-0.05, 0) is 24.6 Å². The zero-order valence-electron chi connectivity index (χ0n) is 10.5. The number of methoxy groups -OCH3 is 1. The molecule has 17 heavy (non-hydrogen) atoms. The van der Waals surface area contributed by atoms with Crippen molar-refractivity contribution < 1.29 is 9.47 Å². The minimum atomic E-state index is 0.305. The maximum absolute atomic E-state index is 5.32. The van der Waals surface area contributed by atoms with Crippen LogP contribution in [0.5, 0.6) is 5.75 Å². The van der Waals surface area contributed by atoms with E-state index < -0.39 is 0 Å². The summed E-state index contributed by atoms with van der Waals surface area (Å²) in [6.45, 7) is 5.67. The average Bonchev–Trinajstić information content (AvgIpc) is 2.40. The Bertz CT molecular complexity index is 334. The molecule has 1 N–H and O–H groups in total. The number of nitrogens with one attached hydrogen (secondary N) is 1. The second kappa shape index (κ2) is 6.00. The summed E-state index contributed by atoms with van der Waals surface area (Å²) in [5.41, 5.74) is 4.75. The fourth-order valence-corrected chi connectivity index (χ4v) is 1.93.